The number of benzene rings is 2. The lowest BCUT2D eigenvalue weighted by Crippen LogP contribution is -2.18. The van der Waals surface area contributed by atoms with E-state index in [0.29, 0.717) is 6.54 Å². The van der Waals surface area contributed by atoms with Gasteiger partial charge >= 0.3 is 0 Å². The van der Waals surface area contributed by atoms with Crippen LogP contribution >= 0.6 is 0 Å². The van der Waals surface area contributed by atoms with Crippen molar-refractivity contribution < 1.29 is 8.78 Å². The number of rotatable bonds is 4. The number of hydrogen-bond acceptors (Lipinski definition) is 1. The lowest BCUT2D eigenvalue weighted by molar-refractivity contribution is 0.560. The Morgan fingerprint density at radius 2 is 1.79 bits per heavy atom. The fourth-order valence-electron chi connectivity index (χ4n) is 1.99. The predicted octanol–water partition coefficient (Wildman–Crippen LogP) is 4.12. The zero-order valence-electron chi connectivity index (χ0n) is 11.1. The molecular formula is C16H17F2N. The predicted molar refractivity (Wildman–Crippen MR) is 72.8 cm³/mol. The lowest BCUT2D eigenvalue weighted by Gasteiger charge is -2.15. The molecule has 1 atom stereocenters. The average Bonchev–Trinajstić information content (AvgIpc) is 2.39. The Morgan fingerprint density at radius 1 is 1.05 bits per heavy atom. The summed E-state index contributed by atoms with van der Waals surface area (Å²) in [5.41, 5.74) is 2.85. The van der Waals surface area contributed by atoms with Crippen LogP contribution < -0.4 is 5.32 Å². The van der Waals surface area contributed by atoms with Crippen molar-refractivity contribution in [2.24, 2.45) is 0 Å². The Kier molecular flexibility index (Phi) is 4.27. The first-order valence-electron chi connectivity index (χ1n) is 6.30. The van der Waals surface area contributed by atoms with Crippen LogP contribution in [0.2, 0.25) is 0 Å². The second-order valence-corrected chi connectivity index (χ2v) is 4.73. The highest BCUT2D eigenvalue weighted by Crippen LogP contribution is 2.16. The zero-order valence-corrected chi connectivity index (χ0v) is 11.1. The average molecular weight is 261 g/mol. The van der Waals surface area contributed by atoms with Crippen molar-refractivity contribution >= 4 is 0 Å². The summed E-state index contributed by atoms with van der Waals surface area (Å²) < 4.78 is 26.3. The number of aryl methyl sites for hydroxylation is 1. The van der Waals surface area contributed by atoms with Crippen molar-refractivity contribution in [1.82, 2.24) is 5.32 Å². The van der Waals surface area contributed by atoms with Gasteiger partial charge in [0, 0.05) is 12.6 Å². The maximum Gasteiger partial charge on any atom is 0.123 e. The van der Waals surface area contributed by atoms with Crippen LogP contribution in [0, 0.1) is 18.6 Å². The lowest BCUT2D eigenvalue weighted by atomic mass is 10.1. The van der Waals surface area contributed by atoms with Crippen LogP contribution in [0.1, 0.15) is 29.7 Å². The van der Waals surface area contributed by atoms with Crippen LogP contribution in [0.5, 0.6) is 0 Å². The summed E-state index contributed by atoms with van der Waals surface area (Å²) in [6, 6.07) is 11.3. The van der Waals surface area contributed by atoms with Crippen LogP contribution in [0.4, 0.5) is 8.78 Å². The third-order valence-electron chi connectivity index (χ3n) is 3.26. The second-order valence-electron chi connectivity index (χ2n) is 4.73. The topological polar surface area (TPSA) is 12.0 Å². The highest BCUT2D eigenvalue weighted by Gasteiger charge is 2.07. The summed E-state index contributed by atoms with van der Waals surface area (Å²) >= 11 is 0. The van der Waals surface area contributed by atoms with Gasteiger partial charge in [-0.15, -0.1) is 0 Å². The summed E-state index contributed by atoms with van der Waals surface area (Å²) in [5, 5.41) is 3.28. The van der Waals surface area contributed by atoms with Crippen molar-refractivity contribution in [3.05, 3.63) is 70.8 Å². The van der Waals surface area contributed by atoms with Crippen molar-refractivity contribution in [1.29, 1.82) is 0 Å². The summed E-state index contributed by atoms with van der Waals surface area (Å²) in [6.07, 6.45) is 0. The third kappa shape index (κ3) is 3.61. The zero-order chi connectivity index (χ0) is 13.8. The van der Waals surface area contributed by atoms with E-state index in [9.17, 15) is 8.78 Å². The molecule has 0 aromatic heterocycles. The minimum atomic E-state index is -0.243. The summed E-state index contributed by atoms with van der Waals surface area (Å²) in [5.74, 6) is -0.478. The summed E-state index contributed by atoms with van der Waals surface area (Å²) in [6.45, 7) is 4.47. The Labute approximate surface area is 112 Å². The largest absolute Gasteiger partial charge is 0.306 e. The molecular weight excluding hydrogens is 244 g/mol. The van der Waals surface area contributed by atoms with Crippen molar-refractivity contribution in [2.75, 3.05) is 0 Å². The molecule has 0 aliphatic heterocycles. The van der Waals surface area contributed by atoms with Gasteiger partial charge in [0.25, 0.3) is 0 Å². The first-order chi connectivity index (χ1) is 9.06. The molecule has 0 spiro atoms. The molecule has 2 rings (SSSR count). The molecule has 0 fully saturated rings. The minimum Gasteiger partial charge on any atom is -0.306 e. The molecule has 0 amide bonds. The maximum atomic E-state index is 13.2. The summed E-state index contributed by atoms with van der Waals surface area (Å²) in [7, 11) is 0. The molecule has 0 bridgehead atoms. The van der Waals surface area contributed by atoms with Crippen LogP contribution in [-0.4, -0.2) is 0 Å². The number of hydrogen-bond donors (Lipinski definition) is 1. The monoisotopic (exact) mass is 261 g/mol. The quantitative estimate of drug-likeness (QED) is 0.872. The number of nitrogens with one attached hydrogen (secondary N) is 1. The van der Waals surface area contributed by atoms with E-state index >= 15 is 0 Å². The van der Waals surface area contributed by atoms with Crippen LogP contribution in [-0.2, 0) is 6.54 Å². The van der Waals surface area contributed by atoms with Crippen molar-refractivity contribution in [2.45, 2.75) is 26.4 Å². The van der Waals surface area contributed by atoms with Crippen LogP contribution in [0.3, 0.4) is 0 Å². The van der Waals surface area contributed by atoms with Gasteiger partial charge in [-0.2, -0.15) is 0 Å². The molecule has 1 nitrogen and oxygen atoms in total. The van der Waals surface area contributed by atoms with E-state index in [0.717, 1.165) is 16.7 Å². The van der Waals surface area contributed by atoms with Gasteiger partial charge in [-0.25, -0.2) is 8.78 Å². The molecule has 0 aliphatic carbocycles. The van der Waals surface area contributed by atoms with E-state index < -0.39 is 0 Å². The first kappa shape index (κ1) is 13.7. The van der Waals surface area contributed by atoms with Gasteiger partial charge in [0.1, 0.15) is 11.6 Å². The Morgan fingerprint density at radius 3 is 2.53 bits per heavy atom. The minimum absolute atomic E-state index is 0.0124. The molecule has 0 saturated carbocycles. The van der Waals surface area contributed by atoms with Gasteiger partial charge in [0.05, 0.1) is 0 Å². The first-order valence-corrected chi connectivity index (χ1v) is 6.30. The second kappa shape index (κ2) is 5.93. The molecule has 2 aromatic rings. The Bertz CT molecular complexity index is 566. The standard InChI is InChI=1S/C16H17F2N/c1-11-6-7-16(18)9-14(11)10-19-12(2)13-4-3-5-15(17)8-13/h3-9,12,19H,10H2,1-2H3/t12-/m0/s1. The molecule has 0 radical (unpaired) electrons. The molecule has 0 heterocycles. The third-order valence-corrected chi connectivity index (χ3v) is 3.26. The summed E-state index contributed by atoms with van der Waals surface area (Å²) in [4.78, 5) is 0. The number of halogens is 2. The van der Waals surface area contributed by atoms with E-state index in [2.05, 4.69) is 5.32 Å². The van der Waals surface area contributed by atoms with Crippen LogP contribution in [0.15, 0.2) is 42.5 Å². The van der Waals surface area contributed by atoms with Gasteiger partial charge < -0.3 is 5.32 Å². The van der Waals surface area contributed by atoms with E-state index in [1.807, 2.05) is 19.9 Å². The van der Waals surface area contributed by atoms with Gasteiger partial charge in [-0.05, 0) is 54.8 Å². The van der Waals surface area contributed by atoms with Crippen molar-refractivity contribution in [3.63, 3.8) is 0 Å². The Balaban J connectivity index is 2.04. The van der Waals surface area contributed by atoms with E-state index in [4.69, 9.17) is 0 Å². The van der Waals surface area contributed by atoms with Gasteiger partial charge in [0.15, 0.2) is 0 Å². The fraction of sp³-hybridized carbons (Fsp3) is 0.250. The normalized spacial score (nSPS) is 12.4. The smallest absolute Gasteiger partial charge is 0.123 e. The maximum absolute atomic E-state index is 13.2. The molecule has 0 aliphatic rings. The fourth-order valence-corrected chi connectivity index (χ4v) is 1.99. The SMILES string of the molecule is Cc1ccc(F)cc1CN[C@@H](C)c1cccc(F)c1. The molecule has 100 valence electrons. The molecule has 0 saturated heterocycles. The van der Waals surface area contributed by atoms with Gasteiger partial charge in [0.2, 0.25) is 0 Å². The van der Waals surface area contributed by atoms with Gasteiger partial charge in [-0.1, -0.05) is 18.2 Å². The Hall–Kier alpha value is -1.74. The highest BCUT2D eigenvalue weighted by molar-refractivity contribution is 5.27. The molecule has 19 heavy (non-hydrogen) atoms. The molecule has 2 aromatic carbocycles. The highest BCUT2D eigenvalue weighted by atomic mass is 19.1. The van der Waals surface area contributed by atoms with Crippen LogP contribution in [0.25, 0.3) is 0 Å². The van der Waals surface area contributed by atoms with E-state index in [-0.39, 0.29) is 17.7 Å². The van der Waals surface area contributed by atoms with E-state index in [1.165, 1.54) is 24.3 Å². The van der Waals surface area contributed by atoms with E-state index in [1.54, 1.807) is 12.1 Å². The van der Waals surface area contributed by atoms with Gasteiger partial charge in [-0.3, -0.25) is 0 Å². The molecule has 1 N–H and O–H groups in total. The molecule has 3 heteroatoms. The molecule has 0 unspecified atom stereocenters. The van der Waals surface area contributed by atoms with Crippen molar-refractivity contribution in [3.8, 4) is 0 Å².